The zero-order chi connectivity index (χ0) is 13.5. The molecule has 4 nitrogen and oxygen atoms in total. The molecule has 2 aromatic rings. The van der Waals surface area contributed by atoms with E-state index in [4.69, 9.17) is 4.42 Å². The summed E-state index contributed by atoms with van der Waals surface area (Å²) in [6, 6.07) is 4.47. The summed E-state index contributed by atoms with van der Waals surface area (Å²) < 4.78 is 5.20. The van der Waals surface area contributed by atoms with Gasteiger partial charge in [-0.15, -0.1) is 0 Å². The van der Waals surface area contributed by atoms with E-state index in [9.17, 15) is 0 Å². The van der Waals surface area contributed by atoms with Gasteiger partial charge in [0, 0.05) is 17.1 Å². The Hall–Kier alpha value is -1.33. The summed E-state index contributed by atoms with van der Waals surface area (Å²) in [6.45, 7) is 5.36. The minimum atomic E-state index is 0.334. The maximum Gasteiger partial charge on any atom is 0.260 e. The van der Waals surface area contributed by atoms with Gasteiger partial charge in [0.15, 0.2) is 0 Å². The van der Waals surface area contributed by atoms with Crippen LogP contribution in [0, 0.1) is 0 Å². The van der Waals surface area contributed by atoms with Crippen molar-refractivity contribution in [2.45, 2.75) is 42.8 Å². The van der Waals surface area contributed by atoms with Crippen molar-refractivity contribution < 1.29 is 4.42 Å². The van der Waals surface area contributed by atoms with Crippen molar-refractivity contribution in [2.75, 3.05) is 6.54 Å². The van der Waals surface area contributed by atoms with Gasteiger partial charge in [0.25, 0.3) is 5.22 Å². The molecule has 0 amide bonds. The molecule has 1 N–H and O–H groups in total. The highest BCUT2D eigenvalue weighted by Gasteiger charge is 2.10. The number of oxazole rings is 1. The van der Waals surface area contributed by atoms with Gasteiger partial charge in [0.1, 0.15) is 6.26 Å². The number of rotatable bonds is 7. The van der Waals surface area contributed by atoms with Crippen LogP contribution in [0.2, 0.25) is 0 Å². The lowest BCUT2D eigenvalue weighted by molar-refractivity contribution is 0.454. The third-order valence-corrected chi connectivity index (χ3v) is 3.63. The summed E-state index contributed by atoms with van der Waals surface area (Å²) in [4.78, 5) is 9.65. The van der Waals surface area contributed by atoms with Gasteiger partial charge in [0.2, 0.25) is 0 Å². The summed E-state index contributed by atoms with van der Waals surface area (Å²) in [5.74, 6) is 0. The molecule has 1 atom stereocenters. The Morgan fingerprint density at radius 1 is 1.32 bits per heavy atom. The first-order valence-electron chi connectivity index (χ1n) is 6.60. The molecule has 5 heteroatoms. The highest BCUT2D eigenvalue weighted by atomic mass is 32.2. The molecule has 0 aromatic carbocycles. The quantitative estimate of drug-likeness (QED) is 0.836. The summed E-state index contributed by atoms with van der Waals surface area (Å²) in [7, 11) is 0. The van der Waals surface area contributed by atoms with E-state index in [0.29, 0.717) is 11.3 Å². The Labute approximate surface area is 118 Å². The molecule has 102 valence electrons. The van der Waals surface area contributed by atoms with Crippen LogP contribution in [0.3, 0.4) is 0 Å². The van der Waals surface area contributed by atoms with Crippen LogP contribution < -0.4 is 5.32 Å². The van der Waals surface area contributed by atoms with E-state index in [0.717, 1.165) is 30.0 Å². The van der Waals surface area contributed by atoms with Crippen LogP contribution in [0.15, 0.2) is 45.3 Å². The average Bonchev–Trinajstić information content (AvgIpc) is 2.94. The second kappa shape index (κ2) is 7.31. The highest BCUT2D eigenvalue weighted by molar-refractivity contribution is 7.99. The predicted molar refractivity (Wildman–Crippen MR) is 76.2 cm³/mol. The van der Waals surface area contributed by atoms with Crippen LogP contribution in [-0.2, 0) is 0 Å². The van der Waals surface area contributed by atoms with Crippen molar-refractivity contribution in [1.29, 1.82) is 0 Å². The molecule has 2 rings (SSSR count). The number of nitrogens with zero attached hydrogens (tertiary/aromatic N) is 2. The molecule has 0 saturated heterocycles. The zero-order valence-corrected chi connectivity index (χ0v) is 12.1. The maximum atomic E-state index is 5.20. The van der Waals surface area contributed by atoms with Gasteiger partial charge < -0.3 is 9.73 Å². The average molecular weight is 277 g/mol. The van der Waals surface area contributed by atoms with Gasteiger partial charge in [0.05, 0.1) is 11.9 Å². The van der Waals surface area contributed by atoms with Crippen molar-refractivity contribution in [3.63, 3.8) is 0 Å². The number of hydrogen-bond donors (Lipinski definition) is 1. The first-order valence-corrected chi connectivity index (χ1v) is 7.41. The molecule has 0 aliphatic carbocycles. The van der Waals surface area contributed by atoms with Crippen LogP contribution in [-0.4, -0.2) is 16.5 Å². The second-order valence-corrected chi connectivity index (χ2v) is 5.26. The predicted octanol–water partition coefficient (Wildman–Crippen LogP) is 3.67. The minimum absolute atomic E-state index is 0.334. The minimum Gasteiger partial charge on any atom is -0.440 e. The monoisotopic (exact) mass is 277 g/mol. The lowest BCUT2D eigenvalue weighted by Gasteiger charge is -2.15. The Morgan fingerprint density at radius 3 is 2.79 bits per heavy atom. The normalized spacial score (nSPS) is 12.5. The third kappa shape index (κ3) is 4.08. The van der Waals surface area contributed by atoms with Crippen LogP contribution >= 0.6 is 11.8 Å². The standard InChI is InChI=1S/C14H19N3OS/c1-3-7-15-12(4-2)13-6-5-11(10-17-13)19-14-16-8-9-18-14/h5-6,8-10,12,15H,3-4,7H2,1-2H3. The maximum absolute atomic E-state index is 5.20. The van der Waals surface area contributed by atoms with Gasteiger partial charge in [-0.2, -0.15) is 0 Å². The second-order valence-electron chi connectivity index (χ2n) is 4.23. The molecule has 0 radical (unpaired) electrons. The van der Waals surface area contributed by atoms with Gasteiger partial charge >= 0.3 is 0 Å². The highest BCUT2D eigenvalue weighted by Crippen LogP contribution is 2.26. The van der Waals surface area contributed by atoms with E-state index in [1.807, 2.05) is 6.20 Å². The number of hydrogen-bond acceptors (Lipinski definition) is 5. The first-order chi connectivity index (χ1) is 9.33. The molecule has 2 aromatic heterocycles. The molecule has 0 spiro atoms. The van der Waals surface area contributed by atoms with Crippen LogP contribution in [0.1, 0.15) is 38.4 Å². The molecule has 2 heterocycles. The fourth-order valence-electron chi connectivity index (χ4n) is 1.80. The van der Waals surface area contributed by atoms with Crippen LogP contribution in [0.5, 0.6) is 0 Å². The summed E-state index contributed by atoms with van der Waals surface area (Å²) >= 11 is 1.48. The van der Waals surface area contributed by atoms with Crippen molar-refractivity contribution in [3.05, 3.63) is 36.5 Å². The molecule has 0 aliphatic heterocycles. The smallest absolute Gasteiger partial charge is 0.260 e. The molecule has 0 bridgehead atoms. The lowest BCUT2D eigenvalue weighted by atomic mass is 10.1. The number of nitrogens with one attached hydrogen (secondary N) is 1. The van der Waals surface area contributed by atoms with E-state index in [-0.39, 0.29) is 0 Å². The van der Waals surface area contributed by atoms with Gasteiger partial charge in [-0.25, -0.2) is 4.98 Å². The molecule has 0 saturated carbocycles. The van der Waals surface area contributed by atoms with Crippen LogP contribution in [0.25, 0.3) is 0 Å². The van der Waals surface area contributed by atoms with E-state index in [2.05, 4.69) is 41.3 Å². The zero-order valence-electron chi connectivity index (χ0n) is 11.3. The Balaban J connectivity index is 2.00. The van der Waals surface area contributed by atoms with Crippen molar-refractivity contribution in [2.24, 2.45) is 0 Å². The largest absolute Gasteiger partial charge is 0.440 e. The fourth-order valence-corrected chi connectivity index (χ4v) is 2.46. The van der Waals surface area contributed by atoms with E-state index >= 15 is 0 Å². The summed E-state index contributed by atoms with van der Waals surface area (Å²) in [5, 5.41) is 4.14. The van der Waals surface area contributed by atoms with Gasteiger partial charge in [-0.1, -0.05) is 13.8 Å². The SMILES string of the molecule is CCCNC(CC)c1ccc(Sc2ncco2)cn1. The van der Waals surface area contributed by atoms with E-state index < -0.39 is 0 Å². The van der Waals surface area contributed by atoms with Crippen LogP contribution in [0.4, 0.5) is 0 Å². The van der Waals surface area contributed by atoms with Crippen molar-refractivity contribution in [1.82, 2.24) is 15.3 Å². The molecule has 1 unspecified atom stereocenters. The molecule has 19 heavy (non-hydrogen) atoms. The van der Waals surface area contributed by atoms with Gasteiger partial charge in [-0.05, 0) is 43.3 Å². The summed E-state index contributed by atoms with van der Waals surface area (Å²) in [6.07, 6.45) is 7.27. The lowest BCUT2D eigenvalue weighted by Crippen LogP contribution is -2.22. The topological polar surface area (TPSA) is 51.0 Å². The first kappa shape index (κ1) is 14.1. The Bertz CT molecular complexity index is 470. The number of pyridine rings is 1. The van der Waals surface area contributed by atoms with Gasteiger partial charge in [-0.3, -0.25) is 4.98 Å². The molecule has 0 aliphatic rings. The Kier molecular flexibility index (Phi) is 5.42. The van der Waals surface area contributed by atoms with E-state index in [1.54, 1.807) is 12.5 Å². The third-order valence-electron chi connectivity index (χ3n) is 2.78. The summed E-state index contributed by atoms with van der Waals surface area (Å²) in [5.41, 5.74) is 1.09. The molecular weight excluding hydrogens is 258 g/mol. The van der Waals surface area contributed by atoms with Crippen molar-refractivity contribution in [3.8, 4) is 0 Å². The van der Waals surface area contributed by atoms with E-state index in [1.165, 1.54) is 11.8 Å². The van der Waals surface area contributed by atoms with Crippen molar-refractivity contribution >= 4 is 11.8 Å². The fraction of sp³-hybridized carbons (Fsp3) is 0.429. The number of aromatic nitrogens is 2. The Morgan fingerprint density at radius 2 is 2.21 bits per heavy atom. The molecular formula is C14H19N3OS. The molecule has 0 fully saturated rings.